The van der Waals surface area contributed by atoms with E-state index in [1.807, 2.05) is 54.6 Å². The molecule has 5 aliphatic rings. The number of aromatic carboxylic acids is 1. The lowest BCUT2D eigenvalue weighted by molar-refractivity contribution is 0.0695. The van der Waals surface area contributed by atoms with Crippen LogP contribution >= 0.6 is 0 Å². The van der Waals surface area contributed by atoms with Crippen molar-refractivity contribution in [2.45, 2.75) is 70.8 Å². The number of carboxylic acid groups (broad SMARTS) is 1. The summed E-state index contributed by atoms with van der Waals surface area (Å²) in [4.78, 5) is 42.4. The SMILES string of the molecule is O=C(NCCNCc1ccc(C(=O)c2ccccc2)cc1)c1ccc(C(=O)O)c(C2=c3cc4c5c(c3Oc3c2cc2c6c3CCCN6CCCC2)CCC[N+]=5CCCC4)c1. The third-order valence-corrected chi connectivity index (χ3v) is 13.1. The number of hydrogen-bond acceptors (Lipinski definition) is 6. The molecule has 10 rings (SSSR count). The lowest BCUT2D eigenvalue weighted by Crippen LogP contribution is -2.41. The van der Waals surface area contributed by atoms with E-state index in [9.17, 15) is 19.5 Å². The fourth-order valence-electron chi connectivity index (χ4n) is 10.3. The Morgan fingerprint density at radius 1 is 0.683 bits per heavy atom. The van der Waals surface area contributed by atoms with Crippen molar-refractivity contribution in [1.29, 1.82) is 0 Å². The second-order valence-electron chi connectivity index (χ2n) is 16.9. The van der Waals surface area contributed by atoms with Crippen LogP contribution in [0.1, 0.15) is 114 Å². The number of ketones is 1. The first-order valence-electron chi connectivity index (χ1n) is 21.9. The maximum atomic E-state index is 13.9. The maximum Gasteiger partial charge on any atom is 0.336 e. The smallest absolute Gasteiger partial charge is 0.336 e. The molecule has 9 heteroatoms. The summed E-state index contributed by atoms with van der Waals surface area (Å²) in [6.07, 6.45) is 10.4. The molecule has 304 valence electrons. The van der Waals surface area contributed by atoms with Gasteiger partial charge in [-0.05, 0) is 98.4 Å². The van der Waals surface area contributed by atoms with Gasteiger partial charge in [-0.25, -0.2) is 9.37 Å². The first kappa shape index (κ1) is 38.2. The van der Waals surface area contributed by atoms with Crippen LogP contribution in [-0.4, -0.2) is 62.0 Å². The molecular weight excluding hydrogens is 749 g/mol. The number of amides is 1. The van der Waals surface area contributed by atoms with Crippen LogP contribution in [0.5, 0.6) is 11.5 Å². The zero-order chi connectivity index (χ0) is 40.7. The minimum Gasteiger partial charge on any atom is -0.478 e. The summed E-state index contributed by atoms with van der Waals surface area (Å²) in [6.45, 7) is 5.66. The Bertz CT molecular complexity index is 2690. The number of ether oxygens (including phenoxy) is 1. The molecule has 0 atom stereocenters. The van der Waals surface area contributed by atoms with Crippen molar-refractivity contribution < 1.29 is 24.2 Å². The lowest BCUT2D eigenvalue weighted by Gasteiger charge is -2.35. The minimum atomic E-state index is -1.02. The van der Waals surface area contributed by atoms with Gasteiger partial charge < -0.3 is 25.4 Å². The highest BCUT2D eigenvalue weighted by Crippen LogP contribution is 2.48. The van der Waals surface area contributed by atoms with E-state index in [0.717, 1.165) is 124 Å². The molecule has 5 aromatic rings. The van der Waals surface area contributed by atoms with Gasteiger partial charge in [-0.15, -0.1) is 0 Å². The highest BCUT2D eigenvalue weighted by atomic mass is 16.5. The lowest BCUT2D eigenvalue weighted by atomic mass is 9.82. The molecule has 0 spiro atoms. The number of carbonyl (C=O) groups excluding carboxylic acids is 2. The van der Waals surface area contributed by atoms with Crippen molar-refractivity contribution in [3.05, 3.63) is 157 Å². The van der Waals surface area contributed by atoms with Crippen molar-refractivity contribution in [2.75, 3.05) is 44.2 Å². The van der Waals surface area contributed by atoms with Gasteiger partial charge in [0.05, 0.1) is 11.1 Å². The number of fused-ring (bicyclic) bond motifs is 4. The molecular formula is C51H51N4O5+. The summed E-state index contributed by atoms with van der Waals surface area (Å²) in [6, 6.07) is 26.5. The highest BCUT2D eigenvalue weighted by molar-refractivity contribution is 6.09. The summed E-state index contributed by atoms with van der Waals surface area (Å²) in [5.41, 5.74) is 11.7. The van der Waals surface area contributed by atoms with Crippen molar-refractivity contribution >= 4 is 28.9 Å². The number of aryl methyl sites for hydroxylation is 2. The maximum absolute atomic E-state index is 13.9. The molecule has 1 amide bonds. The number of benzene rings is 5. The number of nitrogens with one attached hydrogen (secondary N) is 2. The van der Waals surface area contributed by atoms with Gasteiger partial charge >= 0.3 is 5.97 Å². The van der Waals surface area contributed by atoms with Crippen LogP contribution in [0.15, 0.2) is 84.9 Å². The van der Waals surface area contributed by atoms with Crippen molar-refractivity contribution in [3.8, 4) is 11.5 Å². The van der Waals surface area contributed by atoms with Crippen LogP contribution in [0, 0.1) is 0 Å². The molecule has 0 aliphatic carbocycles. The van der Waals surface area contributed by atoms with Crippen LogP contribution < -0.4 is 35.4 Å². The Morgan fingerprint density at radius 2 is 1.43 bits per heavy atom. The molecule has 0 unspecified atom stereocenters. The molecule has 9 nitrogen and oxygen atoms in total. The van der Waals surface area contributed by atoms with Crippen LogP contribution in [-0.2, 0) is 32.2 Å². The Labute approximate surface area is 350 Å². The molecule has 0 aromatic heterocycles. The summed E-state index contributed by atoms with van der Waals surface area (Å²) >= 11 is 0. The van der Waals surface area contributed by atoms with Crippen LogP contribution in [0.3, 0.4) is 0 Å². The monoisotopic (exact) mass is 799 g/mol. The topological polar surface area (TPSA) is 111 Å². The third kappa shape index (κ3) is 6.98. The number of anilines is 1. The van der Waals surface area contributed by atoms with Crippen LogP contribution in [0.25, 0.3) is 5.57 Å². The molecule has 0 radical (unpaired) electrons. The quantitative estimate of drug-likeness (QED) is 0.0842. The minimum absolute atomic E-state index is 0.00751. The molecule has 5 aromatic carbocycles. The first-order chi connectivity index (χ1) is 29.4. The Kier molecular flexibility index (Phi) is 10.3. The third-order valence-electron chi connectivity index (χ3n) is 13.1. The summed E-state index contributed by atoms with van der Waals surface area (Å²) in [5.74, 6) is 0.434. The van der Waals surface area contributed by atoms with E-state index in [2.05, 4.69) is 32.2 Å². The van der Waals surface area contributed by atoms with Crippen molar-refractivity contribution in [1.82, 2.24) is 15.2 Å². The van der Waals surface area contributed by atoms with E-state index in [1.54, 1.807) is 18.2 Å². The molecule has 0 saturated heterocycles. The average Bonchev–Trinajstić information content (AvgIpc) is 3.63. The molecule has 5 aliphatic heterocycles. The van der Waals surface area contributed by atoms with E-state index >= 15 is 0 Å². The van der Waals surface area contributed by atoms with Crippen LogP contribution in [0.2, 0.25) is 0 Å². The van der Waals surface area contributed by atoms with Gasteiger partial charge in [0.2, 0.25) is 5.36 Å². The van der Waals surface area contributed by atoms with Crippen LogP contribution in [0.4, 0.5) is 5.69 Å². The second-order valence-corrected chi connectivity index (χ2v) is 16.9. The van der Waals surface area contributed by atoms with Gasteiger partial charge in [0.15, 0.2) is 5.78 Å². The fourth-order valence-corrected chi connectivity index (χ4v) is 10.3. The van der Waals surface area contributed by atoms with Gasteiger partial charge in [-0.3, -0.25) is 9.59 Å². The number of hydrogen-bond donors (Lipinski definition) is 3. The van der Waals surface area contributed by atoms with E-state index in [0.29, 0.717) is 41.9 Å². The predicted octanol–water partition coefficient (Wildman–Crippen LogP) is 6.35. The second kappa shape index (κ2) is 16.2. The Morgan fingerprint density at radius 3 is 2.28 bits per heavy atom. The highest BCUT2D eigenvalue weighted by Gasteiger charge is 2.36. The van der Waals surface area contributed by atoms with Gasteiger partial charge in [0.1, 0.15) is 24.6 Å². The molecule has 0 bridgehead atoms. The van der Waals surface area contributed by atoms with E-state index in [1.165, 1.54) is 33.3 Å². The normalized spacial score (nSPS) is 16.3. The average molecular weight is 800 g/mol. The molecule has 3 N–H and O–H groups in total. The predicted molar refractivity (Wildman–Crippen MR) is 233 cm³/mol. The van der Waals surface area contributed by atoms with E-state index in [-0.39, 0.29) is 17.3 Å². The van der Waals surface area contributed by atoms with Gasteiger partial charge in [-0.2, -0.15) is 0 Å². The molecule has 0 saturated carbocycles. The Hall–Kier alpha value is -6.06. The summed E-state index contributed by atoms with van der Waals surface area (Å²) in [5, 5.41) is 19.5. The zero-order valence-corrected chi connectivity index (χ0v) is 34.1. The standard InChI is InChI=1S/C51H50N4O5/c56-47(33-10-2-1-3-11-33)34-18-16-32(17-19-34)31-52-22-23-53-50(57)37-20-21-38(51(58)59)41(30-37)44-42-28-35-12-4-6-24-54-26-8-14-39(45(35)54)48(42)60-49-40-15-9-27-55-25-7-5-13-36(46(40)55)29-43(44)49/h1-3,10-11,16-21,28-30,52H,4-9,12-15,22-27,31H2,(H-,53,57,58,59)/p+1. The zero-order valence-electron chi connectivity index (χ0n) is 34.1. The number of nitrogens with zero attached hydrogens (tertiary/aromatic N) is 2. The number of carboxylic acids is 1. The van der Waals surface area contributed by atoms with Gasteiger partial charge in [0.25, 0.3) is 5.91 Å². The largest absolute Gasteiger partial charge is 0.478 e. The van der Waals surface area contributed by atoms with E-state index in [4.69, 9.17) is 4.74 Å². The van der Waals surface area contributed by atoms with Gasteiger partial charge in [-0.1, -0.05) is 54.6 Å². The molecule has 60 heavy (non-hydrogen) atoms. The van der Waals surface area contributed by atoms with E-state index < -0.39 is 5.97 Å². The fraction of sp³-hybridized carbons (Fsp3) is 0.333. The first-order valence-corrected chi connectivity index (χ1v) is 21.9. The molecule has 0 fully saturated rings. The number of rotatable bonds is 10. The number of carbonyl (C=O) groups is 3. The summed E-state index contributed by atoms with van der Waals surface area (Å²) in [7, 11) is 0. The van der Waals surface area contributed by atoms with Crippen molar-refractivity contribution in [3.63, 3.8) is 0 Å². The molecule has 5 heterocycles. The Balaban J connectivity index is 0.985. The van der Waals surface area contributed by atoms with Gasteiger partial charge in [0, 0.05) is 95.4 Å². The summed E-state index contributed by atoms with van der Waals surface area (Å²) < 4.78 is 9.80. The van der Waals surface area contributed by atoms with Crippen molar-refractivity contribution in [2.24, 2.45) is 0 Å².